The van der Waals surface area contributed by atoms with Crippen molar-refractivity contribution in [3.8, 4) is 11.5 Å². The molecule has 0 spiro atoms. The number of imidazole rings is 1. The largest absolute Gasteiger partial charge is 0.497 e. The molecule has 0 fully saturated rings. The molecule has 0 saturated heterocycles. The topological polar surface area (TPSA) is 94.5 Å². The van der Waals surface area contributed by atoms with Gasteiger partial charge in [-0.3, -0.25) is 9.59 Å². The van der Waals surface area contributed by atoms with Crippen molar-refractivity contribution in [2.45, 2.75) is 13.5 Å². The summed E-state index contributed by atoms with van der Waals surface area (Å²) in [4.78, 5) is 29.4. The summed E-state index contributed by atoms with van der Waals surface area (Å²) in [6.07, 6.45) is 3.33. The predicted octanol–water partition coefficient (Wildman–Crippen LogP) is 4.76. The summed E-state index contributed by atoms with van der Waals surface area (Å²) in [5.41, 5.74) is 4.19. The van der Waals surface area contributed by atoms with Crippen LogP contribution in [0.25, 0.3) is 0 Å². The third-order valence-corrected chi connectivity index (χ3v) is 5.37. The van der Waals surface area contributed by atoms with Gasteiger partial charge in [0.05, 0.1) is 26.1 Å². The molecular formula is C27H26N4O4. The minimum Gasteiger partial charge on any atom is -0.497 e. The number of aryl methyl sites for hydroxylation is 1. The summed E-state index contributed by atoms with van der Waals surface area (Å²) in [7, 11) is 3.06. The van der Waals surface area contributed by atoms with Crippen LogP contribution >= 0.6 is 0 Å². The molecule has 0 unspecified atom stereocenters. The third kappa shape index (κ3) is 5.86. The SMILES string of the molecule is COc1ccc(C(=O)Nc2ccc(Cn3cnc(C(=O)Nc4cccc(C)c4)c3)cc2)c(OC)c1. The van der Waals surface area contributed by atoms with E-state index in [1.54, 1.807) is 37.8 Å². The van der Waals surface area contributed by atoms with E-state index in [9.17, 15) is 9.59 Å². The van der Waals surface area contributed by atoms with E-state index in [0.717, 1.165) is 16.8 Å². The number of ether oxygens (including phenoxy) is 2. The van der Waals surface area contributed by atoms with Crippen molar-refractivity contribution in [3.05, 3.63) is 102 Å². The van der Waals surface area contributed by atoms with Gasteiger partial charge in [-0.15, -0.1) is 0 Å². The molecule has 4 rings (SSSR count). The van der Waals surface area contributed by atoms with E-state index in [-0.39, 0.29) is 11.8 Å². The molecular weight excluding hydrogens is 444 g/mol. The molecule has 0 aliphatic rings. The second kappa shape index (κ2) is 10.6. The van der Waals surface area contributed by atoms with Crippen LogP contribution in [-0.2, 0) is 6.54 Å². The van der Waals surface area contributed by atoms with Crippen LogP contribution in [0.5, 0.6) is 11.5 Å². The first-order valence-electron chi connectivity index (χ1n) is 11.0. The quantitative estimate of drug-likeness (QED) is 0.387. The maximum Gasteiger partial charge on any atom is 0.275 e. The molecule has 8 nitrogen and oxygen atoms in total. The molecule has 8 heteroatoms. The molecule has 0 bridgehead atoms. The van der Waals surface area contributed by atoms with Crippen LogP contribution in [0.2, 0.25) is 0 Å². The number of methoxy groups -OCH3 is 2. The molecule has 1 heterocycles. The molecule has 35 heavy (non-hydrogen) atoms. The highest BCUT2D eigenvalue weighted by Gasteiger charge is 2.14. The number of carbonyl (C=O) groups is 2. The number of nitrogens with one attached hydrogen (secondary N) is 2. The number of anilines is 2. The number of rotatable bonds is 8. The Labute approximate surface area is 203 Å². The van der Waals surface area contributed by atoms with Crippen molar-refractivity contribution in [1.82, 2.24) is 9.55 Å². The molecule has 2 amide bonds. The summed E-state index contributed by atoms with van der Waals surface area (Å²) in [6, 6.07) is 20.1. The second-order valence-corrected chi connectivity index (χ2v) is 7.97. The summed E-state index contributed by atoms with van der Waals surface area (Å²) in [6.45, 7) is 2.50. The minimum atomic E-state index is -0.281. The standard InChI is InChI=1S/C27H26N4O4/c1-18-5-4-6-21(13-18)30-27(33)24-16-31(17-28-24)15-19-7-9-20(10-8-19)29-26(32)23-12-11-22(34-2)14-25(23)35-3/h4-14,16-17H,15H2,1-3H3,(H,29,32)(H,30,33). The smallest absolute Gasteiger partial charge is 0.275 e. The Morgan fingerprint density at radius 3 is 2.37 bits per heavy atom. The van der Waals surface area contributed by atoms with Crippen LogP contribution in [0.4, 0.5) is 11.4 Å². The maximum absolute atomic E-state index is 12.7. The zero-order valence-corrected chi connectivity index (χ0v) is 19.7. The van der Waals surface area contributed by atoms with E-state index in [1.807, 2.05) is 60.0 Å². The zero-order chi connectivity index (χ0) is 24.8. The van der Waals surface area contributed by atoms with Crippen LogP contribution in [0.1, 0.15) is 32.0 Å². The Morgan fingerprint density at radius 2 is 1.66 bits per heavy atom. The summed E-state index contributed by atoms with van der Waals surface area (Å²) in [5, 5.41) is 5.73. The molecule has 0 atom stereocenters. The van der Waals surface area contributed by atoms with Crippen molar-refractivity contribution in [3.63, 3.8) is 0 Å². The lowest BCUT2D eigenvalue weighted by Crippen LogP contribution is -2.13. The summed E-state index contributed by atoms with van der Waals surface area (Å²) < 4.78 is 12.3. The number of hydrogen-bond donors (Lipinski definition) is 2. The average molecular weight is 471 g/mol. The van der Waals surface area contributed by atoms with E-state index >= 15 is 0 Å². The monoisotopic (exact) mass is 470 g/mol. The number of benzene rings is 3. The molecule has 3 aromatic carbocycles. The lowest BCUT2D eigenvalue weighted by molar-refractivity contribution is 0.101. The van der Waals surface area contributed by atoms with Crippen LogP contribution < -0.4 is 20.1 Å². The van der Waals surface area contributed by atoms with E-state index in [1.165, 1.54) is 7.11 Å². The third-order valence-electron chi connectivity index (χ3n) is 5.37. The first-order valence-corrected chi connectivity index (χ1v) is 11.0. The maximum atomic E-state index is 12.7. The van der Waals surface area contributed by atoms with Gasteiger partial charge in [0, 0.05) is 30.2 Å². The summed E-state index contributed by atoms with van der Waals surface area (Å²) >= 11 is 0. The Morgan fingerprint density at radius 1 is 0.886 bits per heavy atom. The van der Waals surface area contributed by atoms with E-state index in [4.69, 9.17) is 9.47 Å². The molecule has 0 saturated carbocycles. The van der Waals surface area contributed by atoms with Gasteiger partial charge in [-0.2, -0.15) is 0 Å². The lowest BCUT2D eigenvalue weighted by Gasteiger charge is -2.11. The van der Waals surface area contributed by atoms with Crippen molar-refractivity contribution in [2.75, 3.05) is 24.9 Å². The van der Waals surface area contributed by atoms with Gasteiger partial charge >= 0.3 is 0 Å². The predicted molar refractivity (Wildman–Crippen MR) is 134 cm³/mol. The molecule has 2 N–H and O–H groups in total. The number of aromatic nitrogens is 2. The number of amides is 2. The molecule has 0 radical (unpaired) electrons. The van der Waals surface area contributed by atoms with Crippen molar-refractivity contribution in [1.29, 1.82) is 0 Å². The van der Waals surface area contributed by atoms with Gasteiger partial charge in [-0.25, -0.2) is 4.98 Å². The van der Waals surface area contributed by atoms with Gasteiger partial charge < -0.3 is 24.7 Å². The highest BCUT2D eigenvalue weighted by atomic mass is 16.5. The Kier molecular flexibility index (Phi) is 7.11. The molecule has 178 valence electrons. The normalized spacial score (nSPS) is 10.5. The van der Waals surface area contributed by atoms with Crippen LogP contribution in [0.3, 0.4) is 0 Å². The highest BCUT2D eigenvalue weighted by Crippen LogP contribution is 2.25. The Bertz CT molecular complexity index is 1350. The van der Waals surface area contributed by atoms with Crippen molar-refractivity contribution < 1.29 is 19.1 Å². The van der Waals surface area contributed by atoms with Gasteiger partial charge in [0.2, 0.25) is 0 Å². The Balaban J connectivity index is 1.37. The van der Waals surface area contributed by atoms with Crippen molar-refractivity contribution in [2.24, 2.45) is 0 Å². The van der Waals surface area contributed by atoms with Gasteiger partial charge in [0.25, 0.3) is 11.8 Å². The summed E-state index contributed by atoms with van der Waals surface area (Å²) in [5.74, 6) is 0.497. The number of hydrogen-bond acceptors (Lipinski definition) is 5. The fourth-order valence-electron chi connectivity index (χ4n) is 3.57. The van der Waals surface area contributed by atoms with Gasteiger partial charge in [0.15, 0.2) is 0 Å². The van der Waals surface area contributed by atoms with Gasteiger partial charge in [-0.05, 0) is 54.4 Å². The zero-order valence-electron chi connectivity index (χ0n) is 19.7. The fraction of sp³-hybridized carbons (Fsp3) is 0.148. The van der Waals surface area contributed by atoms with Crippen LogP contribution in [0.15, 0.2) is 79.3 Å². The van der Waals surface area contributed by atoms with Crippen molar-refractivity contribution >= 4 is 23.2 Å². The van der Waals surface area contributed by atoms with Crippen LogP contribution in [-0.4, -0.2) is 35.6 Å². The first kappa shape index (κ1) is 23.6. The van der Waals surface area contributed by atoms with Crippen LogP contribution in [0, 0.1) is 6.92 Å². The van der Waals surface area contributed by atoms with E-state index < -0.39 is 0 Å². The Hall–Kier alpha value is -4.59. The van der Waals surface area contributed by atoms with E-state index in [2.05, 4.69) is 15.6 Å². The minimum absolute atomic E-state index is 0.263. The van der Waals surface area contributed by atoms with Gasteiger partial charge in [-0.1, -0.05) is 24.3 Å². The second-order valence-electron chi connectivity index (χ2n) is 7.97. The first-order chi connectivity index (χ1) is 16.9. The average Bonchev–Trinajstić information content (AvgIpc) is 3.33. The molecule has 0 aliphatic heterocycles. The fourth-order valence-corrected chi connectivity index (χ4v) is 3.57. The number of nitrogens with zero attached hydrogens (tertiary/aromatic N) is 2. The lowest BCUT2D eigenvalue weighted by atomic mass is 10.1. The van der Waals surface area contributed by atoms with Gasteiger partial charge in [0.1, 0.15) is 17.2 Å². The van der Waals surface area contributed by atoms with E-state index in [0.29, 0.717) is 35.0 Å². The molecule has 1 aromatic heterocycles. The number of carbonyl (C=O) groups excluding carboxylic acids is 2. The molecule has 4 aromatic rings. The molecule has 0 aliphatic carbocycles. The highest BCUT2D eigenvalue weighted by molar-refractivity contribution is 6.06.